The molecule has 4 nitrogen and oxygen atoms in total. The molecule has 0 unspecified atom stereocenters. The first-order chi connectivity index (χ1) is 21.8. The van der Waals surface area contributed by atoms with Gasteiger partial charge in [-0.15, -0.1) is 0 Å². The summed E-state index contributed by atoms with van der Waals surface area (Å²) in [6.07, 6.45) is 3.79. The molecule has 0 saturated carbocycles. The molecular formula is C40H26N4. The van der Waals surface area contributed by atoms with E-state index in [0.29, 0.717) is 17.5 Å². The highest BCUT2D eigenvalue weighted by atomic mass is 15.0. The zero-order valence-corrected chi connectivity index (χ0v) is 23.8. The van der Waals surface area contributed by atoms with Crippen molar-refractivity contribution in [3.8, 4) is 56.4 Å². The lowest BCUT2D eigenvalue weighted by Gasteiger charge is -2.10. The van der Waals surface area contributed by atoms with Gasteiger partial charge >= 0.3 is 0 Å². The molecule has 0 bridgehead atoms. The van der Waals surface area contributed by atoms with Crippen LogP contribution in [0.2, 0.25) is 0 Å². The summed E-state index contributed by atoms with van der Waals surface area (Å²) in [5.74, 6) is 1.97. The molecule has 8 rings (SSSR count). The lowest BCUT2D eigenvalue weighted by molar-refractivity contribution is 1.07. The van der Waals surface area contributed by atoms with Crippen LogP contribution >= 0.6 is 0 Å². The van der Waals surface area contributed by atoms with E-state index in [0.717, 1.165) is 22.3 Å². The van der Waals surface area contributed by atoms with Crippen molar-refractivity contribution in [1.29, 1.82) is 0 Å². The normalized spacial score (nSPS) is 12.1. The summed E-state index contributed by atoms with van der Waals surface area (Å²) in [5.41, 5.74) is 9.94. The number of hydrogen-bond donors (Lipinski definition) is 0. The average molecular weight is 563 g/mol. The second-order valence-electron chi connectivity index (χ2n) is 10.8. The molecule has 44 heavy (non-hydrogen) atoms. The second kappa shape index (κ2) is 11.0. The van der Waals surface area contributed by atoms with Crippen LogP contribution in [0.15, 0.2) is 157 Å². The van der Waals surface area contributed by atoms with Gasteiger partial charge in [0, 0.05) is 34.7 Å². The van der Waals surface area contributed by atoms with Crippen LogP contribution in [0.4, 0.5) is 0 Å². The van der Waals surface area contributed by atoms with Crippen molar-refractivity contribution in [1.82, 2.24) is 15.0 Å². The first-order valence-corrected chi connectivity index (χ1v) is 14.6. The van der Waals surface area contributed by atoms with Crippen LogP contribution in [-0.4, -0.2) is 21.2 Å². The fourth-order valence-corrected chi connectivity index (χ4v) is 5.51. The summed E-state index contributed by atoms with van der Waals surface area (Å²) < 4.78 is 0. The molecular weight excluding hydrogens is 536 g/mol. The van der Waals surface area contributed by atoms with Crippen molar-refractivity contribution in [2.75, 3.05) is 0 Å². The molecule has 6 aromatic carbocycles. The van der Waals surface area contributed by atoms with Crippen molar-refractivity contribution in [3.63, 3.8) is 0 Å². The number of benzene rings is 6. The Morgan fingerprint density at radius 1 is 0.318 bits per heavy atom. The maximum Gasteiger partial charge on any atom is 0.164 e. The van der Waals surface area contributed by atoms with Gasteiger partial charge in [0.1, 0.15) is 0 Å². The van der Waals surface area contributed by atoms with Crippen molar-refractivity contribution in [3.05, 3.63) is 157 Å². The summed E-state index contributed by atoms with van der Waals surface area (Å²) in [7, 11) is 0. The Balaban J connectivity index is 1.12. The van der Waals surface area contributed by atoms with Gasteiger partial charge in [-0.1, -0.05) is 133 Å². The lowest BCUT2D eigenvalue weighted by atomic mass is 9.96. The Labute approximate surface area is 255 Å². The Kier molecular flexibility index (Phi) is 6.43. The average Bonchev–Trinajstić information content (AvgIpc) is 3.08. The van der Waals surface area contributed by atoms with Crippen LogP contribution in [0, 0.1) is 0 Å². The van der Waals surface area contributed by atoms with Gasteiger partial charge in [-0.2, -0.15) is 0 Å². The van der Waals surface area contributed by atoms with Crippen LogP contribution in [0.5, 0.6) is 0 Å². The number of fused-ring (bicyclic) bond motifs is 1. The van der Waals surface area contributed by atoms with Gasteiger partial charge in [0.05, 0.1) is 0 Å². The van der Waals surface area contributed by atoms with E-state index >= 15 is 0 Å². The Hall–Kier alpha value is -6.00. The van der Waals surface area contributed by atoms with Crippen LogP contribution in [0.3, 0.4) is 0 Å². The maximum atomic E-state index is 4.87. The summed E-state index contributed by atoms with van der Waals surface area (Å²) >= 11 is 0. The molecule has 1 aromatic heterocycles. The minimum absolute atomic E-state index is 0.652. The van der Waals surface area contributed by atoms with Gasteiger partial charge < -0.3 is 0 Å². The van der Waals surface area contributed by atoms with E-state index in [2.05, 4.69) is 89.9 Å². The molecule has 1 aliphatic heterocycles. The molecule has 0 spiro atoms. The van der Waals surface area contributed by atoms with Crippen molar-refractivity contribution in [2.45, 2.75) is 0 Å². The SMILES string of the molecule is C1=NC=C1c1ccc(-c2ccc3ccc(-c4ccc(-c5nc(-c6ccccc6)nc(-c6ccccc6)n5)cc4)cc3c2)cc1. The van der Waals surface area contributed by atoms with E-state index in [9.17, 15) is 0 Å². The smallest absolute Gasteiger partial charge is 0.164 e. The molecule has 0 amide bonds. The van der Waals surface area contributed by atoms with Crippen LogP contribution in [0.1, 0.15) is 5.56 Å². The molecule has 2 heterocycles. The number of aromatic nitrogens is 3. The first-order valence-electron chi connectivity index (χ1n) is 14.6. The zero-order valence-electron chi connectivity index (χ0n) is 23.8. The summed E-state index contributed by atoms with van der Waals surface area (Å²) in [6.45, 7) is 0. The van der Waals surface area contributed by atoms with Crippen molar-refractivity contribution < 1.29 is 0 Å². The molecule has 0 N–H and O–H groups in total. The van der Waals surface area contributed by atoms with E-state index in [4.69, 9.17) is 15.0 Å². The van der Waals surface area contributed by atoms with E-state index in [1.165, 1.54) is 38.6 Å². The lowest BCUT2D eigenvalue weighted by Crippen LogP contribution is -2.00. The van der Waals surface area contributed by atoms with Gasteiger partial charge in [0.25, 0.3) is 0 Å². The highest BCUT2D eigenvalue weighted by Gasteiger charge is 2.13. The number of allylic oxidation sites excluding steroid dienone is 1. The van der Waals surface area contributed by atoms with Gasteiger partial charge in [-0.25, -0.2) is 15.0 Å². The Bertz CT molecular complexity index is 2120. The van der Waals surface area contributed by atoms with Gasteiger partial charge in [0.15, 0.2) is 17.5 Å². The van der Waals surface area contributed by atoms with Crippen molar-refractivity contribution in [2.24, 2.45) is 4.99 Å². The van der Waals surface area contributed by atoms with Crippen LogP contribution in [0.25, 0.3) is 72.8 Å². The molecule has 7 aromatic rings. The molecule has 0 atom stereocenters. The second-order valence-corrected chi connectivity index (χ2v) is 10.8. The third-order valence-electron chi connectivity index (χ3n) is 7.99. The highest BCUT2D eigenvalue weighted by molar-refractivity contribution is 6.14. The van der Waals surface area contributed by atoms with Gasteiger partial charge in [-0.3, -0.25) is 4.99 Å². The largest absolute Gasteiger partial charge is 0.263 e. The third-order valence-corrected chi connectivity index (χ3v) is 7.99. The van der Waals surface area contributed by atoms with Crippen molar-refractivity contribution >= 4 is 22.6 Å². The fourth-order valence-electron chi connectivity index (χ4n) is 5.51. The molecule has 0 fully saturated rings. The monoisotopic (exact) mass is 562 g/mol. The quantitative estimate of drug-likeness (QED) is 0.203. The first kappa shape index (κ1) is 25.7. The topological polar surface area (TPSA) is 51.0 Å². The molecule has 4 heteroatoms. The van der Waals surface area contributed by atoms with Gasteiger partial charge in [0.2, 0.25) is 0 Å². The molecule has 206 valence electrons. The van der Waals surface area contributed by atoms with E-state index in [1.54, 1.807) is 0 Å². The summed E-state index contributed by atoms with van der Waals surface area (Å²) in [6, 6.07) is 50.6. The minimum Gasteiger partial charge on any atom is -0.263 e. The minimum atomic E-state index is 0.652. The Morgan fingerprint density at radius 3 is 1.14 bits per heavy atom. The molecule has 0 radical (unpaired) electrons. The number of nitrogens with zero attached hydrogens (tertiary/aromatic N) is 4. The van der Waals surface area contributed by atoms with E-state index in [-0.39, 0.29) is 0 Å². The van der Waals surface area contributed by atoms with E-state index in [1.807, 2.05) is 73.1 Å². The van der Waals surface area contributed by atoms with Gasteiger partial charge in [-0.05, 0) is 50.7 Å². The Morgan fingerprint density at radius 2 is 0.705 bits per heavy atom. The van der Waals surface area contributed by atoms with E-state index < -0.39 is 0 Å². The highest BCUT2D eigenvalue weighted by Crippen LogP contribution is 2.31. The summed E-state index contributed by atoms with van der Waals surface area (Å²) in [4.78, 5) is 18.6. The predicted molar refractivity (Wildman–Crippen MR) is 181 cm³/mol. The maximum absolute atomic E-state index is 4.87. The molecule has 0 saturated heterocycles. The summed E-state index contributed by atoms with van der Waals surface area (Å²) in [5, 5.41) is 2.42. The van der Waals surface area contributed by atoms with Crippen LogP contribution < -0.4 is 0 Å². The number of aliphatic imine (C=N–C) groups is 1. The number of rotatable bonds is 6. The third kappa shape index (κ3) is 4.99. The molecule has 0 aliphatic carbocycles. The van der Waals surface area contributed by atoms with Crippen LogP contribution in [-0.2, 0) is 0 Å². The predicted octanol–water partition coefficient (Wildman–Crippen LogP) is 9.79. The number of hydrogen-bond acceptors (Lipinski definition) is 4. The standard InChI is InChI=1S/C40H26N4/c1-3-7-31(8-4-1)38-42-39(32-9-5-2-6-10-32)44-40(43-38)33-19-15-28(16-20-33)35-22-18-29-17-21-34(23-36(29)24-35)27-11-13-30(14-12-27)37-25-41-26-37/h1-26H. The zero-order chi connectivity index (χ0) is 29.3. The fraction of sp³-hybridized carbons (Fsp3) is 0. The molecule has 1 aliphatic rings.